The summed E-state index contributed by atoms with van der Waals surface area (Å²) >= 11 is 3.89. The van der Waals surface area contributed by atoms with Crippen molar-refractivity contribution in [3.63, 3.8) is 0 Å². The molecule has 1 aromatic rings. The Bertz CT molecular complexity index is 678. The summed E-state index contributed by atoms with van der Waals surface area (Å²) in [5.41, 5.74) is 0.913. The van der Waals surface area contributed by atoms with Crippen molar-refractivity contribution in [1.82, 2.24) is 4.90 Å². The zero-order valence-electron chi connectivity index (χ0n) is 16.1. The van der Waals surface area contributed by atoms with E-state index in [9.17, 15) is 9.59 Å². The normalized spacial score (nSPS) is 25.3. The van der Waals surface area contributed by atoms with E-state index >= 15 is 0 Å². The molecule has 3 atom stereocenters. The highest BCUT2D eigenvalue weighted by atomic mass is 32.2. The molecule has 152 valence electrons. The van der Waals surface area contributed by atoms with Crippen LogP contribution in [0.4, 0.5) is 4.79 Å². The Hall–Kier alpha value is -1.60. The van der Waals surface area contributed by atoms with Crippen LogP contribution in [-0.2, 0) is 20.9 Å². The minimum atomic E-state index is -0.626. The molecule has 28 heavy (non-hydrogen) atoms. The molecule has 0 saturated carbocycles. The van der Waals surface area contributed by atoms with E-state index in [1.165, 1.54) is 18.4 Å². The summed E-state index contributed by atoms with van der Waals surface area (Å²) in [6, 6.07) is 8.90. The van der Waals surface area contributed by atoms with Crippen LogP contribution in [0.2, 0.25) is 0 Å². The van der Waals surface area contributed by atoms with Gasteiger partial charge in [0.15, 0.2) is 0 Å². The Morgan fingerprint density at radius 2 is 1.96 bits per heavy atom. The van der Waals surface area contributed by atoms with Crippen molar-refractivity contribution in [2.45, 2.75) is 30.1 Å². The van der Waals surface area contributed by atoms with E-state index in [0.717, 1.165) is 23.5 Å². The zero-order chi connectivity index (χ0) is 19.9. The number of carbonyl (C=O) groups is 2. The number of amides is 1. The van der Waals surface area contributed by atoms with Crippen molar-refractivity contribution in [1.29, 1.82) is 0 Å². The molecule has 2 heterocycles. The quantitative estimate of drug-likeness (QED) is 0.507. The Balaban J connectivity index is 1.72. The maximum absolute atomic E-state index is 12.8. The number of esters is 1. The van der Waals surface area contributed by atoms with Gasteiger partial charge < -0.3 is 9.47 Å². The first-order valence-electron chi connectivity index (χ1n) is 9.55. The van der Waals surface area contributed by atoms with Crippen LogP contribution >= 0.6 is 23.5 Å². The Kier molecular flexibility index (Phi) is 7.73. The molecule has 5 nitrogen and oxygen atoms in total. The largest absolute Gasteiger partial charge is 0.467 e. The second kappa shape index (κ2) is 10.3. The number of carbonyl (C=O) groups excluding carboxylic acids is 2. The van der Waals surface area contributed by atoms with Gasteiger partial charge in [-0.1, -0.05) is 36.4 Å². The SMILES string of the molecule is C=C[C@H]1CN(C(=O)OCc2ccccc2)[C@@H](C(=O)OC)[C@H]1CC1SCCCS1. The summed E-state index contributed by atoms with van der Waals surface area (Å²) in [7, 11) is 1.37. The summed E-state index contributed by atoms with van der Waals surface area (Å²) in [5, 5.41) is 0. The number of nitrogens with zero attached hydrogens (tertiary/aromatic N) is 1. The van der Waals surface area contributed by atoms with Gasteiger partial charge in [-0.3, -0.25) is 4.90 Å². The van der Waals surface area contributed by atoms with Gasteiger partial charge in [-0.2, -0.15) is 0 Å². The van der Waals surface area contributed by atoms with Crippen LogP contribution in [0.5, 0.6) is 0 Å². The molecule has 1 aromatic carbocycles. The highest BCUT2D eigenvalue weighted by Crippen LogP contribution is 2.42. The van der Waals surface area contributed by atoms with Crippen molar-refractivity contribution in [3.8, 4) is 0 Å². The number of hydrogen-bond donors (Lipinski definition) is 0. The molecule has 3 rings (SSSR count). The third kappa shape index (κ3) is 5.06. The standard InChI is InChI=1S/C21H27NO4S2/c1-3-16-13-22(21(24)26-14-15-8-5-4-6-9-15)19(20(23)25-2)17(16)12-18-27-10-7-11-28-18/h3-6,8-9,16-19H,1,7,10-14H2,2H3/t16-,17-,19+/m0/s1. The molecule has 0 radical (unpaired) electrons. The van der Waals surface area contributed by atoms with Crippen LogP contribution in [0.15, 0.2) is 43.0 Å². The molecule has 0 spiro atoms. The number of likely N-dealkylation sites (tertiary alicyclic amines) is 1. The molecule has 2 fully saturated rings. The van der Waals surface area contributed by atoms with Crippen molar-refractivity contribution in [3.05, 3.63) is 48.6 Å². The molecule has 0 aliphatic carbocycles. The summed E-state index contributed by atoms with van der Waals surface area (Å²) < 4.78 is 11.0. The summed E-state index contributed by atoms with van der Waals surface area (Å²) in [6.45, 7) is 4.56. The zero-order valence-corrected chi connectivity index (χ0v) is 17.8. The monoisotopic (exact) mass is 421 g/mol. The lowest BCUT2D eigenvalue weighted by molar-refractivity contribution is -0.146. The second-order valence-corrected chi connectivity index (χ2v) is 9.90. The molecule has 1 amide bonds. The first-order valence-corrected chi connectivity index (χ1v) is 11.6. The molecule has 0 bridgehead atoms. The van der Waals surface area contributed by atoms with E-state index < -0.39 is 12.1 Å². The third-order valence-corrected chi connectivity index (χ3v) is 8.24. The van der Waals surface area contributed by atoms with Crippen LogP contribution in [0.3, 0.4) is 0 Å². The fraction of sp³-hybridized carbons (Fsp3) is 0.524. The van der Waals surface area contributed by atoms with Crippen LogP contribution < -0.4 is 0 Å². The number of thioether (sulfide) groups is 2. The topological polar surface area (TPSA) is 55.8 Å². The number of ether oxygens (including phenoxy) is 2. The van der Waals surface area contributed by atoms with E-state index in [2.05, 4.69) is 6.58 Å². The van der Waals surface area contributed by atoms with Gasteiger partial charge in [0.05, 0.1) is 11.7 Å². The lowest BCUT2D eigenvalue weighted by Crippen LogP contribution is -2.44. The van der Waals surface area contributed by atoms with Crippen molar-refractivity contribution in [2.75, 3.05) is 25.2 Å². The Labute approximate surface area is 175 Å². The van der Waals surface area contributed by atoms with Gasteiger partial charge in [0.2, 0.25) is 0 Å². The van der Waals surface area contributed by atoms with Crippen LogP contribution in [-0.4, -0.2) is 52.7 Å². The van der Waals surface area contributed by atoms with Gasteiger partial charge in [0.1, 0.15) is 12.6 Å². The van der Waals surface area contributed by atoms with Gasteiger partial charge in [0.25, 0.3) is 0 Å². The molecule has 0 unspecified atom stereocenters. The van der Waals surface area contributed by atoms with Crippen LogP contribution in [0.25, 0.3) is 0 Å². The van der Waals surface area contributed by atoms with Gasteiger partial charge in [-0.25, -0.2) is 9.59 Å². The maximum atomic E-state index is 12.8. The first kappa shape index (κ1) is 21.1. The number of hydrogen-bond acceptors (Lipinski definition) is 6. The summed E-state index contributed by atoms with van der Waals surface area (Å²) in [4.78, 5) is 26.9. The second-order valence-electron chi connectivity index (χ2n) is 6.98. The first-order chi connectivity index (χ1) is 13.6. The van der Waals surface area contributed by atoms with Crippen molar-refractivity contribution >= 4 is 35.6 Å². The highest BCUT2D eigenvalue weighted by Gasteiger charge is 2.48. The highest BCUT2D eigenvalue weighted by molar-refractivity contribution is 8.17. The van der Waals surface area contributed by atoms with E-state index in [1.54, 1.807) is 0 Å². The van der Waals surface area contributed by atoms with Gasteiger partial charge in [-0.05, 0) is 35.8 Å². The van der Waals surface area contributed by atoms with E-state index in [0.29, 0.717) is 11.1 Å². The van der Waals surface area contributed by atoms with E-state index in [1.807, 2.05) is 59.9 Å². The fourth-order valence-electron chi connectivity index (χ4n) is 3.80. The molecule has 2 aliphatic heterocycles. The summed E-state index contributed by atoms with van der Waals surface area (Å²) in [6.07, 6.45) is 3.47. The molecular formula is C21H27NO4S2. The van der Waals surface area contributed by atoms with Crippen LogP contribution in [0.1, 0.15) is 18.4 Å². The average Bonchev–Trinajstić information content (AvgIpc) is 3.11. The van der Waals surface area contributed by atoms with Gasteiger partial charge >= 0.3 is 12.1 Å². The molecule has 0 aromatic heterocycles. The molecule has 2 saturated heterocycles. The third-order valence-electron chi connectivity index (χ3n) is 5.24. The molecule has 2 aliphatic rings. The minimum Gasteiger partial charge on any atom is -0.467 e. The van der Waals surface area contributed by atoms with Crippen molar-refractivity contribution < 1.29 is 19.1 Å². The Morgan fingerprint density at radius 1 is 1.25 bits per heavy atom. The molecule has 0 N–H and O–H groups in total. The number of rotatable bonds is 6. The number of methoxy groups -OCH3 is 1. The van der Waals surface area contributed by atoms with E-state index in [4.69, 9.17) is 9.47 Å². The Morgan fingerprint density at radius 3 is 2.61 bits per heavy atom. The fourth-order valence-corrected chi connectivity index (χ4v) is 6.81. The minimum absolute atomic E-state index is 0.00248. The smallest absolute Gasteiger partial charge is 0.410 e. The van der Waals surface area contributed by atoms with E-state index in [-0.39, 0.29) is 24.4 Å². The lowest BCUT2D eigenvalue weighted by Gasteiger charge is -2.29. The predicted molar refractivity (Wildman–Crippen MR) is 114 cm³/mol. The number of benzene rings is 1. The maximum Gasteiger partial charge on any atom is 0.410 e. The molecular weight excluding hydrogens is 394 g/mol. The lowest BCUT2D eigenvalue weighted by atomic mass is 9.88. The van der Waals surface area contributed by atoms with Gasteiger partial charge in [0, 0.05) is 12.5 Å². The average molecular weight is 422 g/mol. The predicted octanol–water partition coefficient (Wildman–Crippen LogP) is 4.19. The molecule has 7 heteroatoms. The van der Waals surface area contributed by atoms with Crippen LogP contribution in [0, 0.1) is 11.8 Å². The van der Waals surface area contributed by atoms with Gasteiger partial charge in [-0.15, -0.1) is 30.1 Å². The summed E-state index contributed by atoms with van der Waals surface area (Å²) in [5.74, 6) is 1.97. The van der Waals surface area contributed by atoms with Crippen molar-refractivity contribution in [2.24, 2.45) is 11.8 Å².